The quantitative estimate of drug-likeness (QED) is 0.662. The number of rotatable bonds is 3. The van der Waals surface area contributed by atoms with Crippen molar-refractivity contribution in [3.63, 3.8) is 0 Å². The molecule has 0 aliphatic rings. The number of benzene rings is 2. The Hall–Kier alpha value is -1.90. The molecular weight excluding hydrogens is 338 g/mol. The summed E-state index contributed by atoms with van der Waals surface area (Å²) in [6.45, 7) is 0. The van der Waals surface area contributed by atoms with Crippen LogP contribution in [-0.4, -0.2) is 0 Å². The Labute approximate surface area is 134 Å². The van der Waals surface area contributed by atoms with Crippen LogP contribution in [0, 0.1) is 11.3 Å². The molecule has 2 aromatic carbocycles. The zero-order valence-corrected chi connectivity index (χ0v) is 12.4. The van der Waals surface area contributed by atoms with Crippen LogP contribution in [0.25, 0.3) is 0 Å². The number of halogens is 5. The molecule has 0 saturated heterocycles. The largest absolute Gasteiger partial charge is 0.455 e. The first-order valence-corrected chi connectivity index (χ1v) is 6.91. The summed E-state index contributed by atoms with van der Waals surface area (Å²) in [6, 6.07) is 10.7. The van der Waals surface area contributed by atoms with E-state index in [1.165, 1.54) is 18.2 Å². The minimum atomic E-state index is -4.78. The van der Waals surface area contributed by atoms with Crippen LogP contribution in [0.2, 0.25) is 5.02 Å². The van der Waals surface area contributed by atoms with E-state index in [2.05, 4.69) is 0 Å². The second-order valence-electron chi connectivity index (χ2n) is 4.26. The number of nitrogens with zero attached hydrogens (tertiary/aromatic N) is 1. The van der Waals surface area contributed by atoms with Crippen molar-refractivity contribution in [1.29, 1.82) is 5.26 Å². The smallest absolute Gasteiger partial charge is 0.421 e. The van der Waals surface area contributed by atoms with Crippen LogP contribution >= 0.6 is 23.2 Å². The lowest BCUT2D eigenvalue weighted by atomic mass is 10.0. The topological polar surface area (TPSA) is 33.0 Å². The number of para-hydroxylation sites is 1. The summed E-state index contributed by atoms with van der Waals surface area (Å²) < 4.78 is 45.3. The first-order chi connectivity index (χ1) is 10.4. The predicted octanol–water partition coefficient (Wildman–Crippen LogP) is 5.76. The normalized spacial score (nSPS) is 11.1. The molecule has 0 bridgehead atoms. The van der Waals surface area contributed by atoms with Gasteiger partial charge in [-0.1, -0.05) is 29.8 Å². The Morgan fingerprint density at radius 2 is 1.82 bits per heavy atom. The Kier molecular flexibility index (Phi) is 4.84. The zero-order chi connectivity index (χ0) is 16.3. The van der Waals surface area contributed by atoms with Gasteiger partial charge in [0.1, 0.15) is 17.4 Å². The summed E-state index contributed by atoms with van der Waals surface area (Å²) in [5, 5.41) is 8.55. The molecule has 0 aromatic heterocycles. The SMILES string of the molecule is N#Cc1cc(CCl)c(Cl)c(C(F)(F)F)c1Oc1ccccc1. The van der Waals surface area contributed by atoms with Crippen molar-refractivity contribution in [2.45, 2.75) is 12.1 Å². The van der Waals surface area contributed by atoms with Crippen LogP contribution in [0.3, 0.4) is 0 Å². The predicted molar refractivity (Wildman–Crippen MR) is 77.2 cm³/mol. The van der Waals surface area contributed by atoms with Gasteiger partial charge in [-0.05, 0) is 23.8 Å². The van der Waals surface area contributed by atoms with Gasteiger partial charge < -0.3 is 4.74 Å². The van der Waals surface area contributed by atoms with Crippen LogP contribution in [0.1, 0.15) is 16.7 Å². The van der Waals surface area contributed by atoms with Crippen molar-refractivity contribution in [2.24, 2.45) is 0 Å². The Bertz CT molecular complexity index is 724. The van der Waals surface area contributed by atoms with Gasteiger partial charge in [-0.3, -0.25) is 0 Å². The van der Waals surface area contributed by atoms with Crippen LogP contribution in [0.15, 0.2) is 36.4 Å². The maximum absolute atomic E-state index is 13.3. The number of nitriles is 1. The molecule has 114 valence electrons. The maximum Gasteiger partial charge on any atom is 0.421 e. The van der Waals surface area contributed by atoms with Gasteiger partial charge in [0, 0.05) is 5.88 Å². The molecule has 0 N–H and O–H groups in total. The van der Waals surface area contributed by atoms with Crippen molar-refractivity contribution >= 4 is 23.2 Å². The van der Waals surface area contributed by atoms with E-state index in [-0.39, 0.29) is 22.8 Å². The highest BCUT2D eigenvalue weighted by Crippen LogP contribution is 2.46. The van der Waals surface area contributed by atoms with Crippen molar-refractivity contribution in [3.05, 3.63) is 58.1 Å². The molecule has 0 unspecified atom stereocenters. The van der Waals surface area contributed by atoms with Crippen molar-refractivity contribution in [1.82, 2.24) is 0 Å². The summed E-state index contributed by atoms with van der Waals surface area (Å²) >= 11 is 11.4. The van der Waals surface area contributed by atoms with Crippen LogP contribution in [-0.2, 0) is 12.1 Å². The molecule has 0 heterocycles. The summed E-state index contributed by atoms with van der Waals surface area (Å²) in [6.07, 6.45) is -4.78. The third-order valence-electron chi connectivity index (χ3n) is 2.80. The van der Waals surface area contributed by atoms with Gasteiger partial charge in [0.05, 0.1) is 10.6 Å². The fourth-order valence-corrected chi connectivity index (χ4v) is 2.44. The maximum atomic E-state index is 13.3. The molecule has 0 aliphatic heterocycles. The van der Waals surface area contributed by atoms with Gasteiger partial charge in [-0.2, -0.15) is 18.4 Å². The third kappa shape index (κ3) is 3.29. The zero-order valence-electron chi connectivity index (χ0n) is 10.9. The lowest BCUT2D eigenvalue weighted by molar-refractivity contribution is -0.138. The van der Waals surface area contributed by atoms with Crippen LogP contribution in [0.4, 0.5) is 13.2 Å². The van der Waals surface area contributed by atoms with Gasteiger partial charge in [0.15, 0.2) is 5.75 Å². The minimum Gasteiger partial charge on any atom is -0.455 e. The van der Waals surface area contributed by atoms with Gasteiger partial charge in [-0.15, -0.1) is 11.6 Å². The van der Waals surface area contributed by atoms with Crippen LogP contribution in [0.5, 0.6) is 11.5 Å². The molecule has 0 spiro atoms. The molecule has 0 atom stereocenters. The van der Waals surface area contributed by atoms with E-state index < -0.39 is 22.5 Å². The molecular formula is C15H8Cl2F3NO. The Morgan fingerprint density at radius 1 is 1.18 bits per heavy atom. The highest BCUT2D eigenvalue weighted by Gasteiger charge is 2.39. The molecule has 0 amide bonds. The second-order valence-corrected chi connectivity index (χ2v) is 4.90. The van der Waals surface area contributed by atoms with Crippen molar-refractivity contribution in [2.75, 3.05) is 0 Å². The summed E-state index contributed by atoms with van der Waals surface area (Å²) in [5.74, 6) is -0.707. The van der Waals surface area contributed by atoms with Gasteiger partial charge in [0.25, 0.3) is 0 Å². The van der Waals surface area contributed by atoms with Gasteiger partial charge in [-0.25, -0.2) is 0 Å². The fourth-order valence-electron chi connectivity index (χ4n) is 1.84. The number of ether oxygens (including phenoxy) is 1. The monoisotopic (exact) mass is 345 g/mol. The highest BCUT2D eigenvalue weighted by molar-refractivity contribution is 6.33. The van der Waals surface area contributed by atoms with E-state index >= 15 is 0 Å². The molecule has 7 heteroatoms. The van der Waals surface area contributed by atoms with E-state index in [9.17, 15) is 13.2 Å². The molecule has 22 heavy (non-hydrogen) atoms. The fraction of sp³-hybridized carbons (Fsp3) is 0.133. The van der Waals surface area contributed by atoms with E-state index in [1.807, 2.05) is 0 Å². The second kappa shape index (κ2) is 6.47. The molecule has 0 radical (unpaired) electrons. The average Bonchev–Trinajstić information content (AvgIpc) is 2.47. The number of hydrogen-bond acceptors (Lipinski definition) is 2. The molecule has 2 rings (SSSR count). The van der Waals surface area contributed by atoms with Gasteiger partial charge in [0.2, 0.25) is 0 Å². The van der Waals surface area contributed by atoms with Gasteiger partial charge >= 0.3 is 6.18 Å². The number of hydrogen-bond donors (Lipinski definition) is 0. The molecule has 2 aromatic rings. The first kappa shape index (κ1) is 16.5. The Morgan fingerprint density at radius 3 is 2.32 bits per heavy atom. The molecule has 2 nitrogen and oxygen atoms in total. The summed E-state index contributed by atoms with van der Waals surface area (Å²) in [5.41, 5.74) is -1.46. The Balaban J connectivity index is 2.70. The van der Waals surface area contributed by atoms with Crippen molar-refractivity contribution in [3.8, 4) is 17.6 Å². The lowest BCUT2D eigenvalue weighted by Gasteiger charge is -2.18. The first-order valence-electron chi connectivity index (χ1n) is 6.00. The standard InChI is InChI=1S/C15H8Cl2F3NO/c16-7-9-6-10(8-21)14(12(13(9)17)15(18,19)20)22-11-4-2-1-3-5-11/h1-6H,7H2. The summed E-state index contributed by atoms with van der Waals surface area (Å²) in [4.78, 5) is 0. The molecule has 0 aliphatic carbocycles. The van der Waals surface area contributed by atoms with E-state index in [1.54, 1.807) is 24.3 Å². The lowest BCUT2D eigenvalue weighted by Crippen LogP contribution is -2.11. The molecule has 0 saturated carbocycles. The highest BCUT2D eigenvalue weighted by atomic mass is 35.5. The summed E-state index contributed by atoms with van der Waals surface area (Å²) in [7, 11) is 0. The molecule has 0 fully saturated rings. The van der Waals surface area contributed by atoms with Crippen molar-refractivity contribution < 1.29 is 17.9 Å². The number of alkyl halides is 4. The van der Waals surface area contributed by atoms with E-state index in [0.717, 1.165) is 0 Å². The van der Waals surface area contributed by atoms with E-state index in [0.29, 0.717) is 0 Å². The minimum absolute atomic E-state index is 0.0209. The van der Waals surface area contributed by atoms with Crippen LogP contribution < -0.4 is 4.74 Å². The third-order valence-corrected chi connectivity index (χ3v) is 3.52. The van der Waals surface area contributed by atoms with E-state index in [4.69, 9.17) is 33.2 Å². The average molecular weight is 346 g/mol.